The van der Waals surface area contributed by atoms with Crippen molar-refractivity contribution in [2.45, 2.75) is 77.5 Å². The van der Waals surface area contributed by atoms with Gasteiger partial charge in [-0.3, -0.25) is 14.6 Å². The maximum absolute atomic E-state index is 13.9. The molecule has 0 unspecified atom stereocenters. The molecule has 14 nitrogen and oxygen atoms in total. The number of alkyl carbamates (subject to hydrolysis) is 1. The predicted molar refractivity (Wildman–Crippen MR) is 215 cm³/mol. The van der Waals surface area contributed by atoms with Crippen LogP contribution in [0.4, 0.5) is 4.79 Å². The fraction of sp³-hybridized carbons (Fsp3) is 0.476. The molecule has 2 saturated heterocycles. The lowest BCUT2D eigenvalue weighted by molar-refractivity contribution is -0.136. The number of imidazole rings is 2. The topological polar surface area (TPSA) is 164 Å². The van der Waals surface area contributed by atoms with Crippen molar-refractivity contribution in [3.05, 3.63) is 72.6 Å². The van der Waals surface area contributed by atoms with Gasteiger partial charge >= 0.3 is 6.09 Å². The van der Waals surface area contributed by atoms with Crippen LogP contribution in [0.5, 0.6) is 0 Å². The van der Waals surface area contributed by atoms with E-state index >= 15 is 0 Å². The maximum Gasteiger partial charge on any atom is 0.407 e. The number of likely N-dealkylation sites (N-methyl/N-ethyl adjacent to an activating group) is 1. The van der Waals surface area contributed by atoms with Crippen LogP contribution in [0.3, 0.4) is 0 Å². The number of likely N-dealkylation sites (tertiary alicyclic amines) is 2. The van der Waals surface area contributed by atoms with E-state index in [-0.39, 0.29) is 41.8 Å². The lowest BCUT2D eigenvalue weighted by atomic mass is 10.0. The maximum atomic E-state index is 13.9. The van der Waals surface area contributed by atoms with E-state index in [0.717, 1.165) is 90.0 Å². The number of aliphatic imine (C=N–C) groups is 1. The van der Waals surface area contributed by atoms with Crippen molar-refractivity contribution in [3.63, 3.8) is 0 Å². The van der Waals surface area contributed by atoms with E-state index in [9.17, 15) is 14.4 Å². The average Bonchev–Trinajstić information content (AvgIpc) is 4.06. The zero-order valence-corrected chi connectivity index (χ0v) is 33.2. The van der Waals surface area contributed by atoms with Gasteiger partial charge in [-0.25, -0.2) is 14.8 Å². The molecular weight excluding hydrogens is 709 g/mol. The smallest absolute Gasteiger partial charge is 0.407 e. The van der Waals surface area contributed by atoms with Crippen LogP contribution >= 0.6 is 0 Å². The molecule has 0 spiro atoms. The minimum atomic E-state index is -0.679. The van der Waals surface area contributed by atoms with Gasteiger partial charge in [-0.05, 0) is 59.8 Å². The summed E-state index contributed by atoms with van der Waals surface area (Å²) in [5, 5.41) is 6.13. The Morgan fingerprint density at radius 2 is 1.18 bits per heavy atom. The lowest BCUT2D eigenvalue weighted by Gasteiger charge is -2.31. The van der Waals surface area contributed by atoms with E-state index in [0.29, 0.717) is 13.1 Å². The number of nitrogens with one attached hydrogen (secondary N) is 4. The first-order valence-corrected chi connectivity index (χ1v) is 19.8. The predicted octanol–water partition coefficient (Wildman–Crippen LogP) is 5.76. The van der Waals surface area contributed by atoms with E-state index in [4.69, 9.17) is 9.72 Å². The second-order valence-corrected chi connectivity index (χ2v) is 15.7. The van der Waals surface area contributed by atoms with Gasteiger partial charge in [0.1, 0.15) is 23.7 Å². The molecule has 3 aliphatic rings. The number of amides is 3. The largest absolute Gasteiger partial charge is 0.453 e. The molecule has 2 aromatic heterocycles. The molecule has 0 aliphatic carbocycles. The van der Waals surface area contributed by atoms with Crippen molar-refractivity contribution >= 4 is 23.9 Å². The van der Waals surface area contributed by atoms with Crippen LogP contribution in [0, 0.1) is 11.8 Å². The first-order valence-electron chi connectivity index (χ1n) is 19.8. The van der Waals surface area contributed by atoms with E-state index in [2.05, 4.69) is 97.9 Å². The van der Waals surface area contributed by atoms with Crippen LogP contribution in [-0.4, -0.2) is 111 Å². The number of ether oxygens (including phenoxy) is 1. The number of guanidine groups is 1. The molecule has 4 aromatic rings. The van der Waals surface area contributed by atoms with Gasteiger partial charge in [-0.1, -0.05) is 76.2 Å². The third-order valence-corrected chi connectivity index (χ3v) is 11.3. The summed E-state index contributed by atoms with van der Waals surface area (Å²) in [5.74, 6) is 2.30. The Kier molecular flexibility index (Phi) is 11.4. The molecule has 5 heterocycles. The molecule has 2 aromatic carbocycles. The SMILES string of the molecule is COC(=O)N[C@H](C(=O)N1CCC[C@H]1c1ncc(-c2ccc(-c3ccc(-c4cnc([C@@H]5CCCN5C(=O)[C@@H](NC5=NCCN5C)C(C)C)[nH]4)cc3)cc2)[nH]1)C(C)C. The summed E-state index contributed by atoms with van der Waals surface area (Å²) in [6.45, 7) is 10.9. The molecule has 3 amide bonds. The van der Waals surface area contributed by atoms with Crippen LogP contribution in [0.25, 0.3) is 33.6 Å². The molecule has 0 radical (unpaired) electrons. The average molecular weight is 763 g/mol. The van der Waals surface area contributed by atoms with Crippen molar-refractivity contribution in [3.8, 4) is 33.6 Å². The molecule has 0 bridgehead atoms. The fourth-order valence-electron chi connectivity index (χ4n) is 8.02. The Labute approximate surface area is 328 Å². The molecule has 296 valence electrons. The highest BCUT2D eigenvalue weighted by atomic mass is 16.5. The Morgan fingerprint density at radius 1 is 0.714 bits per heavy atom. The van der Waals surface area contributed by atoms with Crippen molar-refractivity contribution in [1.29, 1.82) is 0 Å². The Hall–Kier alpha value is -5.66. The highest BCUT2D eigenvalue weighted by Crippen LogP contribution is 2.35. The summed E-state index contributed by atoms with van der Waals surface area (Å²) in [6, 6.07) is 15.4. The van der Waals surface area contributed by atoms with E-state index in [1.54, 1.807) is 0 Å². The fourth-order valence-corrected chi connectivity index (χ4v) is 8.02. The van der Waals surface area contributed by atoms with E-state index in [1.165, 1.54) is 7.11 Å². The van der Waals surface area contributed by atoms with Gasteiger partial charge in [0.05, 0.1) is 49.5 Å². The van der Waals surface area contributed by atoms with Gasteiger partial charge < -0.3 is 40.0 Å². The molecule has 4 N–H and O–H groups in total. The normalized spacial score (nSPS) is 19.4. The standard InChI is InChI=1S/C42H54N10O4/c1-25(2)35(48-41-43-19-22-50(41)5)39(53)51-20-7-9-33(51)37-44-23-31(46-37)29-15-11-27(12-16-29)28-13-17-30(18-14-28)32-24-45-38(47-32)34-10-8-21-52(34)40(54)36(26(3)4)49-42(55)56-6/h11-18,23-26,33-36H,7-10,19-22H2,1-6H3,(H,43,48)(H,44,46)(H,45,47)(H,49,55)/t33-,34-,35-,36-/m0/s1. The van der Waals surface area contributed by atoms with Crippen LogP contribution < -0.4 is 10.6 Å². The van der Waals surface area contributed by atoms with Crippen LogP contribution in [0.15, 0.2) is 65.9 Å². The molecule has 14 heteroatoms. The summed E-state index contributed by atoms with van der Waals surface area (Å²) >= 11 is 0. The monoisotopic (exact) mass is 762 g/mol. The minimum absolute atomic E-state index is 0.0883. The Morgan fingerprint density at radius 3 is 1.61 bits per heavy atom. The zero-order valence-electron chi connectivity index (χ0n) is 33.2. The number of carbonyl (C=O) groups is 3. The summed E-state index contributed by atoms with van der Waals surface area (Å²) in [7, 11) is 3.30. The Bertz CT molecular complexity index is 2040. The second-order valence-electron chi connectivity index (χ2n) is 15.7. The van der Waals surface area contributed by atoms with Gasteiger partial charge in [-0.15, -0.1) is 0 Å². The van der Waals surface area contributed by atoms with Gasteiger partial charge in [0.15, 0.2) is 5.96 Å². The molecule has 4 atom stereocenters. The first kappa shape index (κ1) is 38.6. The van der Waals surface area contributed by atoms with Crippen molar-refractivity contribution in [2.75, 3.05) is 40.3 Å². The summed E-state index contributed by atoms with van der Waals surface area (Å²) < 4.78 is 4.76. The van der Waals surface area contributed by atoms with Gasteiger partial charge in [0.25, 0.3) is 0 Å². The van der Waals surface area contributed by atoms with Crippen LogP contribution in [-0.2, 0) is 14.3 Å². The van der Waals surface area contributed by atoms with Crippen molar-refractivity contribution < 1.29 is 19.1 Å². The molecule has 2 fully saturated rings. The van der Waals surface area contributed by atoms with Crippen LogP contribution in [0.2, 0.25) is 0 Å². The lowest BCUT2D eigenvalue weighted by Crippen LogP contribution is -2.53. The summed E-state index contributed by atoms with van der Waals surface area (Å²) in [6.07, 6.45) is 6.51. The highest BCUT2D eigenvalue weighted by Gasteiger charge is 2.39. The Balaban J connectivity index is 0.994. The number of aromatic amines is 2. The van der Waals surface area contributed by atoms with Gasteiger partial charge in [-0.2, -0.15) is 0 Å². The third kappa shape index (κ3) is 8.00. The van der Waals surface area contributed by atoms with E-state index < -0.39 is 12.1 Å². The molecule has 56 heavy (non-hydrogen) atoms. The van der Waals surface area contributed by atoms with Gasteiger partial charge in [0, 0.05) is 26.7 Å². The van der Waals surface area contributed by atoms with Crippen molar-refractivity contribution in [1.82, 2.24) is 45.3 Å². The number of aromatic nitrogens is 4. The number of benzene rings is 2. The first-order chi connectivity index (χ1) is 27.0. The van der Waals surface area contributed by atoms with E-state index in [1.807, 2.05) is 43.1 Å². The number of hydrogen-bond donors (Lipinski definition) is 4. The summed E-state index contributed by atoms with van der Waals surface area (Å²) in [5.41, 5.74) is 5.97. The number of methoxy groups -OCH3 is 1. The quantitative estimate of drug-likeness (QED) is 0.150. The molecular formula is C42H54N10O4. The highest BCUT2D eigenvalue weighted by molar-refractivity contribution is 5.90. The van der Waals surface area contributed by atoms with Crippen molar-refractivity contribution in [2.24, 2.45) is 16.8 Å². The number of carbonyl (C=O) groups excluding carboxylic acids is 3. The molecule has 7 rings (SSSR count). The second kappa shape index (κ2) is 16.6. The van der Waals surface area contributed by atoms with Crippen LogP contribution in [0.1, 0.15) is 77.1 Å². The number of nitrogens with zero attached hydrogens (tertiary/aromatic N) is 6. The number of H-pyrrole nitrogens is 2. The number of rotatable bonds is 11. The molecule has 0 saturated carbocycles. The molecule has 3 aliphatic heterocycles. The minimum Gasteiger partial charge on any atom is -0.453 e. The van der Waals surface area contributed by atoms with Gasteiger partial charge in [0.2, 0.25) is 11.8 Å². The third-order valence-electron chi connectivity index (χ3n) is 11.3. The summed E-state index contributed by atoms with van der Waals surface area (Å²) in [4.78, 5) is 66.2. The zero-order chi connectivity index (χ0) is 39.5. The number of hydrogen-bond acceptors (Lipinski definition) is 9.